The fourth-order valence-electron chi connectivity index (χ4n) is 1.59. The first kappa shape index (κ1) is 12.4. The first-order valence-corrected chi connectivity index (χ1v) is 6.13. The Hall–Kier alpha value is -2.64. The van der Waals surface area contributed by atoms with Crippen LogP contribution in [0.4, 0.5) is 11.8 Å². The normalized spacial score (nSPS) is 14.1. The van der Waals surface area contributed by atoms with Crippen molar-refractivity contribution in [2.75, 3.05) is 10.6 Å². The lowest BCUT2D eigenvalue weighted by Crippen LogP contribution is -2.15. The van der Waals surface area contributed by atoms with Crippen LogP contribution in [0.15, 0.2) is 21.3 Å². The third-order valence-corrected chi connectivity index (χ3v) is 2.78. The van der Waals surface area contributed by atoms with E-state index in [0.29, 0.717) is 11.6 Å². The Bertz CT molecular complexity index is 656. The average Bonchev–Trinajstić information content (AvgIpc) is 3.04. The maximum absolute atomic E-state index is 11.8. The maximum atomic E-state index is 11.8. The van der Waals surface area contributed by atoms with E-state index in [4.69, 9.17) is 8.94 Å². The molecular weight excluding hydrogens is 264 g/mol. The number of hydrogen-bond acceptors (Lipinski definition) is 6. The van der Waals surface area contributed by atoms with Crippen molar-refractivity contribution in [3.63, 3.8) is 0 Å². The number of nitrogens with zero attached hydrogens (tertiary/aromatic N) is 2. The molecule has 0 unspecified atom stereocenters. The molecular formula is C12H12N4O4. The van der Waals surface area contributed by atoms with Crippen molar-refractivity contribution in [3.8, 4) is 0 Å². The van der Waals surface area contributed by atoms with E-state index in [2.05, 4.69) is 20.8 Å². The van der Waals surface area contributed by atoms with Crippen LogP contribution in [0.5, 0.6) is 0 Å². The Balaban J connectivity index is 1.63. The van der Waals surface area contributed by atoms with Crippen molar-refractivity contribution >= 4 is 23.6 Å². The van der Waals surface area contributed by atoms with Gasteiger partial charge < -0.3 is 14.3 Å². The van der Waals surface area contributed by atoms with Gasteiger partial charge in [-0.3, -0.25) is 14.9 Å². The summed E-state index contributed by atoms with van der Waals surface area (Å²) in [6.07, 6.45) is 2.93. The van der Waals surface area contributed by atoms with Crippen molar-refractivity contribution < 1.29 is 18.5 Å². The highest BCUT2D eigenvalue weighted by atomic mass is 16.5. The van der Waals surface area contributed by atoms with Gasteiger partial charge in [-0.1, -0.05) is 5.16 Å². The minimum atomic E-state index is -0.492. The molecule has 8 heteroatoms. The van der Waals surface area contributed by atoms with Gasteiger partial charge in [0, 0.05) is 12.0 Å². The molecule has 3 rings (SSSR count). The van der Waals surface area contributed by atoms with E-state index in [1.165, 1.54) is 6.26 Å². The summed E-state index contributed by atoms with van der Waals surface area (Å²) >= 11 is 0. The van der Waals surface area contributed by atoms with Gasteiger partial charge >= 0.3 is 6.01 Å². The summed E-state index contributed by atoms with van der Waals surface area (Å²) in [6, 6.07) is 1.59. The summed E-state index contributed by atoms with van der Waals surface area (Å²) < 4.78 is 9.86. The van der Waals surface area contributed by atoms with E-state index < -0.39 is 5.91 Å². The molecule has 0 aromatic carbocycles. The van der Waals surface area contributed by atoms with Crippen molar-refractivity contribution in [3.05, 3.63) is 23.8 Å². The molecule has 1 aliphatic carbocycles. The molecule has 104 valence electrons. The summed E-state index contributed by atoms with van der Waals surface area (Å²) in [6.45, 7) is 1.71. The lowest BCUT2D eigenvalue weighted by molar-refractivity contribution is -0.117. The van der Waals surface area contributed by atoms with E-state index >= 15 is 0 Å². The van der Waals surface area contributed by atoms with Crippen LogP contribution in [0, 0.1) is 12.8 Å². The molecule has 0 bridgehead atoms. The zero-order valence-electron chi connectivity index (χ0n) is 10.7. The first-order chi connectivity index (χ1) is 9.61. The monoisotopic (exact) mass is 276 g/mol. The molecule has 20 heavy (non-hydrogen) atoms. The summed E-state index contributed by atoms with van der Waals surface area (Å²) in [5.41, 5.74) is 0.0525. The predicted molar refractivity (Wildman–Crippen MR) is 67.0 cm³/mol. The minimum Gasteiger partial charge on any atom is -0.431 e. The highest BCUT2D eigenvalue weighted by Gasteiger charge is 2.30. The number of aromatic nitrogens is 2. The number of amides is 2. The molecule has 0 saturated heterocycles. The van der Waals surface area contributed by atoms with Gasteiger partial charge in [0.05, 0.1) is 0 Å². The molecule has 2 aromatic rings. The molecule has 8 nitrogen and oxygen atoms in total. The summed E-state index contributed by atoms with van der Waals surface area (Å²) in [5, 5.41) is 8.65. The minimum absolute atomic E-state index is 0.0170. The second-order valence-corrected chi connectivity index (χ2v) is 4.58. The predicted octanol–water partition coefficient (Wildman–Crippen LogP) is 1.57. The lowest BCUT2D eigenvalue weighted by atomic mass is 10.4. The van der Waals surface area contributed by atoms with Gasteiger partial charge in [0.2, 0.25) is 5.91 Å². The van der Waals surface area contributed by atoms with E-state index in [0.717, 1.165) is 12.8 Å². The molecule has 0 aliphatic heterocycles. The average molecular weight is 276 g/mol. The van der Waals surface area contributed by atoms with Gasteiger partial charge in [0.1, 0.15) is 12.0 Å². The van der Waals surface area contributed by atoms with Crippen molar-refractivity contribution in [1.29, 1.82) is 0 Å². The van der Waals surface area contributed by atoms with Crippen LogP contribution in [0.3, 0.4) is 0 Å². The zero-order chi connectivity index (χ0) is 14.1. The molecule has 1 aliphatic rings. The highest BCUT2D eigenvalue weighted by molar-refractivity contribution is 6.02. The fraction of sp³-hybridized carbons (Fsp3) is 0.333. The SMILES string of the molecule is Cc1cc(NC(=O)c2coc(NC(=O)C3CC3)n2)no1. The number of carbonyl (C=O) groups excluding carboxylic acids is 2. The lowest BCUT2D eigenvalue weighted by Gasteiger charge is -1.97. The second kappa shape index (κ2) is 4.80. The van der Waals surface area contributed by atoms with Crippen LogP contribution in [-0.4, -0.2) is 22.0 Å². The van der Waals surface area contributed by atoms with Crippen LogP contribution < -0.4 is 10.6 Å². The van der Waals surface area contributed by atoms with Crippen molar-refractivity contribution in [1.82, 2.24) is 10.1 Å². The molecule has 1 fully saturated rings. The zero-order valence-corrected chi connectivity index (χ0v) is 10.7. The molecule has 0 atom stereocenters. The van der Waals surface area contributed by atoms with Crippen LogP contribution in [-0.2, 0) is 4.79 Å². The quantitative estimate of drug-likeness (QED) is 0.877. The van der Waals surface area contributed by atoms with Crippen LogP contribution in [0.2, 0.25) is 0 Å². The fourth-order valence-corrected chi connectivity index (χ4v) is 1.59. The third-order valence-electron chi connectivity index (χ3n) is 2.78. The van der Waals surface area contributed by atoms with E-state index in [1.54, 1.807) is 13.0 Å². The topological polar surface area (TPSA) is 110 Å². The number of nitrogens with one attached hydrogen (secondary N) is 2. The van der Waals surface area contributed by atoms with Crippen LogP contribution in [0.25, 0.3) is 0 Å². The standard InChI is InChI=1S/C12H12N4O4/c1-6-4-9(16-20-6)14-11(18)8-5-19-12(13-8)15-10(17)7-2-3-7/h4-5,7H,2-3H2,1H3,(H,13,15,17)(H,14,16,18). The van der Waals surface area contributed by atoms with Gasteiger partial charge in [-0.05, 0) is 19.8 Å². The molecule has 2 N–H and O–H groups in total. The van der Waals surface area contributed by atoms with Gasteiger partial charge in [0.15, 0.2) is 11.5 Å². The molecule has 2 aromatic heterocycles. The summed E-state index contributed by atoms with van der Waals surface area (Å²) in [5.74, 6) is 0.286. The Morgan fingerprint density at radius 1 is 1.35 bits per heavy atom. The van der Waals surface area contributed by atoms with Gasteiger partial charge in [-0.15, -0.1) is 0 Å². The number of aryl methyl sites for hydroxylation is 1. The number of oxazole rings is 1. The number of hydrogen-bond donors (Lipinski definition) is 2. The van der Waals surface area contributed by atoms with E-state index in [1.807, 2.05) is 0 Å². The summed E-state index contributed by atoms with van der Waals surface area (Å²) in [7, 11) is 0. The molecule has 0 radical (unpaired) electrons. The maximum Gasteiger partial charge on any atom is 0.302 e. The second-order valence-electron chi connectivity index (χ2n) is 4.58. The van der Waals surface area contributed by atoms with Gasteiger partial charge in [0.25, 0.3) is 5.91 Å². The van der Waals surface area contributed by atoms with Crippen LogP contribution >= 0.6 is 0 Å². The molecule has 2 amide bonds. The molecule has 1 saturated carbocycles. The number of carbonyl (C=O) groups is 2. The van der Waals surface area contributed by atoms with Gasteiger partial charge in [-0.25, -0.2) is 0 Å². The number of rotatable bonds is 4. The largest absolute Gasteiger partial charge is 0.431 e. The molecule has 0 spiro atoms. The Morgan fingerprint density at radius 2 is 2.15 bits per heavy atom. The Labute approximate surface area is 113 Å². The van der Waals surface area contributed by atoms with Crippen molar-refractivity contribution in [2.45, 2.75) is 19.8 Å². The smallest absolute Gasteiger partial charge is 0.302 e. The van der Waals surface area contributed by atoms with E-state index in [9.17, 15) is 9.59 Å². The third kappa shape index (κ3) is 2.68. The van der Waals surface area contributed by atoms with Gasteiger partial charge in [-0.2, -0.15) is 4.98 Å². The first-order valence-electron chi connectivity index (χ1n) is 6.13. The van der Waals surface area contributed by atoms with Crippen LogP contribution in [0.1, 0.15) is 29.1 Å². The highest BCUT2D eigenvalue weighted by Crippen LogP contribution is 2.30. The Kier molecular flexibility index (Phi) is 2.97. The summed E-state index contributed by atoms with van der Waals surface area (Å²) in [4.78, 5) is 27.2. The van der Waals surface area contributed by atoms with Crippen molar-refractivity contribution in [2.24, 2.45) is 5.92 Å². The van der Waals surface area contributed by atoms with E-state index in [-0.39, 0.29) is 23.5 Å². The number of anilines is 2. The molecule has 2 heterocycles. The Morgan fingerprint density at radius 3 is 2.80 bits per heavy atom.